The fourth-order valence-corrected chi connectivity index (χ4v) is 5.63. The molecule has 0 bridgehead atoms. The summed E-state index contributed by atoms with van der Waals surface area (Å²) in [6.45, 7) is 7.62. The Morgan fingerprint density at radius 2 is 1.91 bits per heavy atom. The van der Waals surface area contributed by atoms with Crippen molar-refractivity contribution in [1.82, 2.24) is 15.1 Å². The van der Waals surface area contributed by atoms with E-state index in [-0.39, 0.29) is 3.55 Å². The molecule has 5 heteroatoms. The number of rotatable bonds is 4. The molecule has 0 spiro atoms. The van der Waals surface area contributed by atoms with Crippen molar-refractivity contribution in [2.45, 2.75) is 74.4 Å². The molecule has 1 unspecified atom stereocenters. The maximum Gasteiger partial charge on any atom is 0.321 e. The first-order chi connectivity index (χ1) is 10.5. The molecule has 2 amide bonds. The first-order valence-electron chi connectivity index (χ1n) is 9.01. The van der Waals surface area contributed by atoms with Crippen LogP contribution in [0.4, 0.5) is 4.79 Å². The molecule has 3 fully saturated rings. The lowest BCUT2D eigenvalue weighted by atomic mass is 9.99. The Labute approximate surface area is 148 Å². The van der Waals surface area contributed by atoms with Gasteiger partial charge in [0.05, 0.1) is 9.59 Å². The van der Waals surface area contributed by atoms with Gasteiger partial charge in [0.1, 0.15) is 0 Å². The largest absolute Gasteiger partial charge is 0.321 e. The molecule has 0 aromatic rings. The van der Waals surface area contributed by atoms with Crippen LogP contribution in [0.25, 0.3) is 0 Å². The summed E-state index contributed by atoms with van der Waals surface area (Å²) in [7, 11) is 0. The van der Waals surface area contributed by atoms with Crippen LogP contribution in [-0.2, 0) is 0 Å². The summed E-state index contributed by atoms with van der Waals surface area (Å²) < 4.78 is 0.0890. The number of alkyl halides is 1. The number of carbonyl (C=O) groups is 1. The summed E-state index contributed by atoms with van der Waals surface area (Å²) in [6, 6.07) is 1.19. The van der Waals surface area contributed by atoms with Gasteiger partial charge in [0, 0.05) is 12.6 Å². The van der Waals surface area contributed by atoms with Gasteiger partial charge in [-0.15, -0.1) is 0 Å². The van der Waals surface area contributed by atoms with Crippen LogP contribution >= 0.6 is 22.6 Å². The number of hydrogen-bond acceptors (Lipinski definition) is 2. The van der Waals surface area contributed by atoms with E-state index in [0.29, 0.717) is 24.0 Å². The molecule has 3 rings (SSSR count). The SMILES string of the molecule is CC(C)CC1CN(C2(I)CCCC2)C(=O)N1C1CCNCC1. The van der Waals surface area contributed by atoms with Gasteiger partial charge in [0.2, 0.25) is 0 Å². The zero-order valence-electron chi connectivity index (χ0n) is 14.0. The lowest BCUT2D eigenvalue weighted by molar-refractivity contribution is 0.138. The molecule has 2 heterocycles. The molecule has 4 nitrogen and oxygen atoms in total. The second kappa shape index (κ2) is 6.83. The topological polar surface area (TPSA) is 35.6 Å². The van der Waals surface area contributed by atoms with Crippen molar-refractivity contribution in [2.75, 3.05) is 19.6 Å². The van der Waals surface area contributed by atoms with Crippen LogP contribution in [0.2, 0.25) is 0 Å². The molecule has 1 atom stereocenters. The molecule has 1 N–H and O–H groups in total. The van der Waals surface area contributed by atoms with E-state index in [9.17, 15) is 4.79 Å². The predicted octanol–water partition coefficient (Wildman–Crippen LogP) is 3.60. The first-order valence-corrected chi connectivity index (χ1v) is 10.1. The van der Waals surface area contributed by atoms with Crippen molar-refractivity contribution in [3.05, 3.63) is 0 Å². The van der Waals surface area contributed by atoms with Crippen molar-refractivity contribution < 1.29 is 4.79 Å². The van der Waals surface area contributed by atoms with Gasteiger partial charge in [-0.25, -0.2) is 4.79 Å². The van der Waals surface area contributed by atoms with Crippen molar-refractivity contribution in [3.63, 3.8) is 0 Å². The highest BCUT2D eigenvalue weighted by Gasteiger charge is 2.49. The van der Waals surface area contributed by atoms with Crippen LogP contribution in [0.1, 0.15) is 58.8 Å². The zero-order chi connectivity index (χ0) is 15.7. The van der Waals surface area contributed by atoms with E-state index in [0.717, 1.165) is 38.9 Å². The summed E-state index contributed by atoms with van der Waals surface area (Å²) in [4.78, 5) is 17.7. The molecule has 0 radical (unpaired) electrons. The minimum atomic E-state index is 0.0890. The fraction of sp³-hybridized carbons (Fsp3) is 0.941. The minimum Gasteiger partial charge on any atom is -0.317 e. The summed E-state index contributed by atoms with van der Waals surface area (Å²) >= 11 is 2.57. The summed E-state index contributed by atoms with van der Waals surface area (Å²) in [6.07, 6.45) is 8.26. The lowest BCUT2D eigenvalue weighted by Crippen LogP contribution is -2.50. The minimum absolute atomic E-state index is 0.0890. The van der Waals surface area contributed by atoms with E-state index in [4.69, 9.17) is 0 Å². The second-order valence-corrected chi connectivity index (χ2v) is 9.70. The van der Waals surface area contributed by atoms with Crippen LogP contribution in [-0.4, -0.2) is 51.1 Å². The molecule has 0 aromatic carbocycles. The Balaban J connectivity index is 1.79. The Morgan fingerprint density at radius 1 is 1.27 bits per heavy atom. The molecule has 126 valence electrons. The average Bonchev–Trinajstić information content (AvgIpc) is 3.05. The Kier molecular flexibility index (Phi) is 5.22. The number of piperidine rings is 1. The summed E-state index contributed by atoms with van der Waals surface area (Å²) in [5.41, 5.74) is 0. The van der Waals surface area contributed by atoms with E-state index in [2.05, 4.69) is 51.6 Å². The van der Waals surface area contributed by atoms with Crippen LogP contribution in [0, 0.1) is 5.92 Å². The maximum atomic E-state index is 13.2. The quantitative estimate of drug-likeness (QED) is 0.430. The Morgan fingerprint density at radius 3 is 2.50 bits per heavy atom. The third-order valence-corrected chi connectivity index (χ3v) is 7.20. The highest BCUT2D eigenvalue weighted by Crippen LogP contribution is 2.44. The molecule has 22 heavy (non-hydrogen) atoms. The van der Waals surface area contributed by atoms with Gasteiger partial charge in [0.15, 0.2) is 0 Å². The second-order valence-electron chi connectivity index (χ2n) is 7.69. The number of urea groups is 1. The number of amides is 2. The predicted molar refractivity (Wildman–Crippen MR) is 98.3 cm³/mol. The first kappa shape index (κ1) is 16.8. The molecule has 3 aliphatic rings. The van der Waals surface area contributed by atoms with Crippen molar-refractivity contribution in [3.8, 4) is 0 Å². The normalized spacial score (nSPS) is 29.8. The zero-order valence-corrected chi connectivity index (χ0v) is 16.1. The van der Waals surface area contributed by atoms with E-state index in [1.807, 2.05) is 0 Å². The van der Waals surface area contributed by atoms with Gasteiger partial charge < -0.3 is 15.1 Å². The van der Waals surface area contributed by atoms with Crippen molar-refractivity contribution in [2.24, 2.45) is 5.92 Å². The van der Waals surface area contributed by atoms with Crippen LogP contribution in [0.15, 0.2) is 0 Å². The molecular weight excluding hydrogens is 389 g/mol. The van der Waals surface area contributed by atoms with Crippen LogP contribution in [0.5, 0.6) is 0 Å². The maximum absolute atomic E-state index is 13.2. The molecule has 2 aliphatic heterocycles. The van der Waals surface area contributed by atoms with Crippen molar-refractivity contribution in [1.29, 1.82) is 0 Å². The molecule has 2 saturated heterocycles. The third-order valence-electron chi connectivity index (χ3n) is 5.54. The van der Waals surface area contributed by atoms with Gasteiger partial charge in [-0.1, -0.05) is 49.3 Å². The highest BCUT2D eigenvalue weighted by atomic mass is 127. The van der Waals surface area contributed by atoms with Crippen molar-refractivity contribution >= 4 is 28.6 Å². The van der Waals surface area contributed by atoms with E-state index in [1.165, 1.54) is 25.7 Å². The van der Waals surface area contributed by atoms with E-state index >= 15 is 0 Å². The van der Waals surface area contributed by atoms with Crippen LogP contribution < -0.4 is 5.32 Å². The van der Waals surface area contributed by atoms with E-state index in [1.54, 1.807) is 0 Å². The third kappa shape index (κ3) is 3.25. The fourth-order valence-electron chi connectivity index (χ4n) is 4.47. The number of nitrogens with one attached hydrogen (secondary N) is 1. The number of halogens is 1. The van der Waals surface area contributed by atoms with Crippen LogP contribution in [0.3, 0.4) is 0 Å². The lowest BCUT2D eigenvalue weighted by Gasteiger charge is -2.37. The molecule has 0 aromatic heterocycles. The number of hydrogen-bond donors (Lipinski definition) is 1. The molecule has 1 aliphatic carbocycles. The monoisotopic (exact) mass is 419 g/mol. The highest BCUT2D eigenvalue weighted by molar-refractivity contribution is 14.1. The summed E-state index contributed by atoms with van der Waals surface area (Å²) in [5, 5.41) is 3.43. The van der Waals surface area contributed by atoms with Gasteiger partial charge >= 0.3 is 6.03 Å². The molecule has 1 saturated carbocycles. The van der Waals surface area contributed by atoms with Gasteiger partial charge in [-0.3, -0.25) is 0 Å². The smallest absolute Gasteiger partial charge is 0.317 e. The van der Waals surface area contributed by atoms with Gasteiger partial charge in [-0.05, 0) is 51.1 Å². The van der Waals surface area contributed by atoms with E-state index < -0.39 is 0 Å². The Hall–Kier alpha value is -0.0400. The number of carbonyl (C=O) groups excluding carboxylic acids is 1. The van der Waals surface area contributed by atoms with Gasteiger partial charge in [0.25, 0.3) is 0 Å². The number of nitrogens with zero attached hydrogens (tertiary/aromatic N) is 2. The molecular formula is C17H30IN3O. The van der Waals surface area contributed by atoms with Gasteiger partial charge in [-0.2, -0.15) is 0 Å². The standard InChI is InChI=1S/C17H30IN3O/c1-13(2)11-15-12-20(17(18)7-3-4-8-17)16(22)21(15)14-5-9-19-10-6-14/h13-15,19H,3-12H2,1-2H3. The Bertz CT molecular complexity index is 403. The average molecular weight is 419 g/mol. The summed E-state index contributed by atoms with van der Waals surface area (Å²) in [5.74, 6) is 0.649.